The molecule has 0 fully saturated rings. The normalized spacial score (nSPS) is 15.8. The Morgan fingerprint density at radius 1 is 1.16 bits per heavy atom. The average molecular weight is 430 g/mol. The predicted molar refractivity (Wildman–Crippen MR) is 129 cm³/mol. The molecular weight excluding hydrogens is 398 g/mol. The van der Waals surface area contributed by atoms with Crippen LogP contribution in [0.1, 0.15) is 44.9 Å². The molecule has 1 atom stereocenters. The summed E-state index contributed by atoms with van der Waals surface area (Å²) in [6.45, 7) is 7.13. The lowest BCUT2D eigenvalue weighted by molar-refractivity contribution is 0.290. The Morgan fingerprint density at radius 3 is 3.00 bits per heavy atom. The molecule has 0 amide bonds. The van der Waals surface area contributed by atoms with Gasteiger partial charge in [0.1, 0.15) is 11.6 Å². The molecule has 3 aromatic heterocycles. The van der Waals surface area contributed by atoms with Crippen molar-refractivity contribution in [3.05, 3.63) is 60.8 Å². The number of fused-ring (bicyclic) bond motifs is 2. The number of nitrogens with one attached hydrogen (secondary N) is 2. The molecule has 0 radical (unpaired) electrons. The summed E-state index contributed by atoms with van der Waals surface area (Å²) in [5.41, 5.74) is 4.11. The van der Waals surface area contributed by atoms with Crippen molar-refractivity contribution in [3.63, 3.8) is 0 Å². The Morgan fingerprint density at radius 2 is 2.09 bits per heavy atom. The first-order valence-electron chi connectivity index (χ1n) is 11.6. The number of H-pyrrole nitrogens is 1. The quantitative estimate of drug-likeness (QED) is 0.369. The molecule has 0 unspecified atom stereocenters. The van der Waals surface area contributed by atoms with Gasteiger partial charge in [-0.25, -0.2) is 4.98 Å². The molecule has 166 valence electrons. The SMILES string of the molecule is CC(C)CCOc1ccc2[nH]c(-c3cc(NC[C@H]4CCCn5ccnc54)ccn3)cc2c1. The first-order chi connectivity index (χ1) is 15.7. The molecule has 0 spiro atoms. The highest BCUT2D eigenvalue weighted by atomic mass is 16.5. The van der Waals surface area contributed by atoms with E-state index in [4.69, 9.17) is 4.74 Å². The standard InChI is InChI=1S/C26H31N5O/c1-18(2)8-13-32-22-5-6-23-20(14-22)15-25(30-23)24-16-21(7-9-27-24)29-17-19-4-3-11-31-12-10-28-26(19)31/h5-7,9-10,12,14-16,18-19,30H,3-4,8,11,13,17H2,1-2H3,(H,27,29)/t19-/m1/s1. The van der Waals surface area contributed by atoms with Crippen LogP contribution in [0.2, 0.25) is 0 Å². The summed E-state index contributed by atoms with van der Waals surface area (Å²) in [5.74, 6) is 3.19. The van der Waals surface area contributed by atoms with E-state index in [1.54, 1.807) is 0 Å². The van der Waals surface area contributed by atoms with Gasteiger partial charge in [0.15, 0.2) is 0 Å². The highest BCUT2D eigenvalue weighted by Crippen LogP contribution is 2.29. The predicted octanol–water partition coefficient (Wildman–Crippen LogP) is 5.84. The number of aromatic amines is 1. The van der Waals surface area contributed by atoms with Crippen LogP contribution in [0.3, 0.4) is 0 Å². The zero-order valence-corrected chi connectivity index (χ0v) is 18.8. The molecule has 4 aromatic rings. The summed E-state index contributed by atoms with van der Waals surface area (Å²) in [5, 5.41) is 4.74. The van der Waals surface area contributed by atoms with Gasteiger partial charge < -0.3 is 19.6 Å². The Labute approximate surface area is 189 Å². The molecule has 1 aliphatic rings. The summed E-state index contributed by atoms with van der Waals surface area (Å²) >= 11 is 0. The monoisotopic (exact) mass is 429 g/mol. The number of pyridine rings is 1. The second-order valence-electron chi connectivity index (χ2n) is 9.09. The highest BCUT2D eigenvalue weighted by Gasteiger charge is 2.21. The minimum absolute atomic E-state index is 0.442. The fraction of sp³-hybridized carbons (Fsp3) is 0.385. The molecule has 0 bridgehead atoms. The van der Waals surface area contributed by atoms with Crippen LogP contribution < -0.4 is 10.1 Å². The third-order valence-electron chi connectivity index (χ3n) is 6.21. The molecule has 0 aliphatic carbocycles. The van der Waals surface area contributed by atoms with Gasteiger partial charge in [0.05, 0.1) is 18.0 Å². The Balaban J connectivity index is 1.28. The number of benzene rings is 1. The van der Waals surface area contributed by atoms with Crippen LogP contribution in [0.5, 0.6) is 5.75 Å². The Hall–Kier alpha value is -3.28. The van der Waals surface area contributed by atoms with Gasteiger partial charge >= 0.3 is 0 Å². The maximum atomic E-state index is 5.92. The highest BCUT2D eigenvalue weighted by molar-refractivity contribution is 5.86. The van der Waals surface area contributed by atoms with Gasteiger partial charge in [0, 0.05) is 54.2 Å². The molecule has 2 N–H and O–H groups in total. The third kappa shape index (κ3) is 4.49. The largest absolute Gasteiger partial charge is 0.494 e. The first-order valence-corrected chi connectivity index (χ1v) is 11.6. The fourth-order valence-electron chi connectivity index (χ4n) is 4.38. The van der Waals surface area contributed by atoms with Crippen LogP contribution in [-0.2, 0) is 6.54 Å². The van der Waals surface area contributed by atoms with E-state index in [0.29, 0.717) is 11.8 Å². The maximum absolute atomic E-state index is 5.92. The topological polar surface area (TPSA) is 67.8 Å². The Kier molecular flexibility index (Phi) is 5.84. The minimum atomic E-state index is 0.442. The number of aromatic nitrogens is 4. The van der Waals surface area contributed by atoms with Gasteiger partial charge in [-0.2, -0.15) is 0 Å². The van der Waals surface area contributed by atoms with Crippen molar-refractivity contribution in [2.45, 2.75) is 45.6 Å². The zero-order valence-electron chi connectivity index (χ0n) is 18.8. The first kappa shape index (κ1) is 20.6. The van der Waals surface area contributed by atoms with Crippen molar-refractivity contribution < 1.29 is 4.74 Å². The van der Waals surface area contributed by atoms with Gasteiger partial charge in [-0.15, -0.1) is 0 Å². The molecular formula is C26H31N5O. The number of hydrogen-bond acceptors (Lipinski definition) is 4. The minimum Gasteiger partial charge on any atom is -0.494 e. The molecule has 1 aliphatic heterocycles. The summed E-state index contributed by atoms with van der Waals surface area (Å²) in [6, 6.07) is 12.5. The van der Waals surface area contributed by atoms with Crippen molar-refractivity contribution in [2.75, 3.05) is 18.5 Å². The van der Waals surface area contributed by atoms with Crippen molar-refractivity contribution in [2.24, 2.45) is 5.92 Å². The maximum Gasteiger partial charge on any atom is 0.120 e. The van der Waals surface area contributed by atoms with Crippen molar-refractivity contribution in [3.8, 4) is 17.1 Å². The number of imidazole rings is 1. The van der Waals surface area contributed by atoms with Gasteiger partial charge in [-0.05, 0) is 61.6 Å². The van der Waals surface area contributed by atoms with Crippen molar-refractivity contribution in [1.29, 1.82) is 0 Å². The van der Waals surface area contributed by atoms with E-state index in [0.717, 1.165) is 59.8 Å². The van der Waals surface area contributed by atoms with Crippen molar-refractivity contribution in [1.82, 2.24) is 19.5 Å². The smallest absolute Gasteiger partial charge is 0.120 e. The summed E-state index contributed by atoms with van der Waals surface area (Å²) in [7, 11) is 0. The van der Waals surface area contributed by atoms with Gasteiger partial charge in [-0.1, -0.05) is 13.8 Å². The second kappa shape index (κ2) is 9.07. The number of ether oxygens (including phenoxy) is 1. The van der Waals surface area contributed by atoms with Gasteiger partial charge in [-0.3, -0.25) is 4.98 Å². The van der Waals surface area contributed by atoms with E-state index in [-0.39, 0.29) is 0 Å². The van der Waals surface area contributed by atoms with Crippen LogP contribution in [0.15, 0.2) is 55.0 Å². The molecule has 0 saturated carbocycles. The van der Waals surface area contributed by atoms with Crippen LogP contribution in [-0.4, -0.2) is 32.7 Å². The van der Waals surface area contributed by atoms with E-state index in [9.17, 15) is 0 Å². The molecule has 6 nitrogen and oxygen atoms in total. The van der Waals surface area contributed by atoms with E-state index in [1.807, 2.05) is 24.5 Å². The van der Waals surface area contributed by atoms with E-state index in [1.165, 1.54) is 18.7 Å². The molecule has 6 heteroatoms. The number of hydrogen-bond donors (Lipinski definition) is 2. The van der Waals surface area contributed by atoms with Crippen LogP contribution in [0, 0.1) is 5.92 Å². The second-order valence-corrected chi connectivity index (χ2v) is 9.09. The average Bonchev–Trinajstić information content (AvgIpc) is 3.44. The molecule has 32 heavy (non-hydrogen) atoms. The van der Waals surface area contributed by atoms with Gasteiger partial charge in [0.25, 0.3) is 0 Å². The zero-order chi connectivity index (χ0) is 21.9. The number of aryl methyl sites for hydroxylation is 1. The fourth-order valence-corrected chi connectivity index (χ4v) is 4.38. The lowest BCUT2D eigenvalue weighted by Crippen LogP contribution is -2.22. The molecule has 5 rings (SSSR count). The lowest BCUT2D eigenvalue weighted by Gasteiger charge is -2.24. The van der Waals surface area contributed by atoms with Crippen molar-refractivity contribution >= 4 is 16.6 Å². The number of anilines is 1. The number of nitrogens with zero attached hydrogens (tertiary/aromatic N) is 3. The van der Waals surface area contributed by atoms with E-state index >= 15 is 0 Å². The van der Waals surface area contributed by atoms with Crippen LogP contribution in [0.25, 0.3) is 22.3 Å². The lowest BCUT2D eigenvalue weighted by atomic mass is 9.99. The van der Waals surface area contributed by atoms with E-state index < -0.39 is 0 Å². The number of rotatable bonds is 8. The summed E-state index contributed by atoms with van der Waals surface area (Å²) < 4.78 is 8.20. The summed E-state index contributed by atoms with van der Waals surface area (Å²) in [4.78, 5) is 12.7. The molecule has 1 aromatic carbocycles. The molecule has 0 saturated heterocycles. The third-order valence-corrected chi connectivity index (χ3v) is 6.21. The van der Waals surface area contributed by atoms with Crippen LogP contribution in [0.4, 0.5) is 5.69 Å². The Bertz CT molecular complexity index is 1190. The van der Waals surface area contributed by atoms with Crippen LogP contribution >= 0.6 is 0 Å². The van der Waals surface area contributed by atoms with Gasteiger partial charge in [0.2, 0.25) is 0 Å². The molecule has 4 heterocycles. The van der Waals surface area contributed by atoms with E-state index in [2.05, 4.69) is 69.1 Å². The summed E-state index contributed by atoms with van der Waals surface area (Å²) in [6.07, 6.45) is 9.30.